The minimum Gasteiger partial charge on any atom is -0.480 e. The van der Waals surface area contributed by atoms with E-state index in [-0.39, 0.29) is 18.2 Å². The highest BCUT2D eigenvalue weighted by Gasteiger charge is 2.33. The molecule has 1 saturated carbocycles. The van der Waals surface area contributed by atoms with Crippen molar-refractivity contribution in [3.05, 3.63) is 0 Å². The zero-order chi connectivity index (χ0) is 12.1. The molecule has 0 aromatic heterocycles. The highest BCUT2D eigenvalue weighted by atomic mass is 16.5. The molecule has 4 heteroatoms. The van der Waals surface area contributed by atoms with Crippen molar-refractivity contribution in [3.8, 4) is 0 Å². The number of likely N-dealkylation sites (N-methyl/N-ethyl adjacent to an activating group) is 1. The van der Waals surface area contributed by atoms with E-state index in [0.717, 1.165) is 12.8 Å². The number of carboxylic acid groups (broad SMARTS) is 1. The van der Waals surface area contributed by atoms with Gasteiger partial charge in [-0.05, 0) is 26.3 Å². The average molecular weight is 229 g/mol. The molecule has 0 bridgehead atoms. The smallest absolute Gasteiger partial charge is 0.320 e. The van der Waals surface area contributed by atoms with E-state index in [1.807, 2.05) is 18.9 Å². The number of nitrogens with zero attached hydrogens (tertiary/aromatic N) is 1. The van der Waals surface area contributed by atoms with Crippen molar-refractivity contribution >= 4 is 5.97 Å². The molecular formula is C12H23NO3. The first-order valence-corrected chi connectivity index (χ1v) is 6.09. The second-order valence-corrected chi connectivity index (χ2v) is 4.55. The lowest BCUT2D eigenvalue weighted by Crippen LogP contribution is -2.51. The molecular weight excluding hydrogens is 206 g/mol. The van der Waals surface area contributed by atoms with Crippen molar-refractivity contribution in [2.24, 2.45) is 0 Å². The third-order valence-electron chi connectivity index (χ3n) is 3.66. The molecule has 16 heavy (non-hydrogen) atoms. The predicted octanol–water partition coefficient (Wildman–Crippen LogP) is 1.74. The third-order valence-corrected chi connectivity index (χ3v) is 3.66. The van der Waals surface area contributed by atoms with E-state index < -0.39 is 5.97 Å². The maximum Gasteiger partial charge on any atom is 0.320 e. The Kier molecular flexibility index (Phi) is 5.22. The maximum atomic E-state index is 11.1. The minimum atomic E-state index is -0.731. The van der Waals surface area contributed by atoms with Crippen LogP contribution in [0.5, 0.6) is 0 Å². The fourth-order valence-corrected chi connectivity index (χ4v) is 2.69. The molecule has 1 rings (SSSR count). The van der Waals surface area contributed by atoms with Crippen LogP contribution in [0.15, 0.2) is 0 Å². The summed E-state index contributed by atoms with van der Waals surface area (Å²) in [6, 6.07) is -0.138. The van der Waals surface area contributed by atoms with Crippen LogP contribution in [0.25, 0.3) is 0 Å². The van der Waals surface area contributed by atoms with Gasteiger partial charge in [0.15, 0.2) is 0 Å². The summed E-state index contributed by atoms with van der Waals surface area (Å²) in [5.74, 6) is -0.731. The van der Waals surface area contributed by atoms with Gasteiger partial charge in [0, 0.05) is 13.2 Å². The van der Waals surface area contributed by atoms with Crippen molar-refractivity contribution in [2.45, 2.75) is 57.2 Å². The van der Waals surface area contributed by atoms with E-state index in [4.69, 9.17) is 9.84 Å². The molecule has 1 aliphatic rings. The number of ether oxygens (including phenoxy) is 1. The van der Waals surface area contributed by atoms with Crippen LogP contribution >= 0.6 is 0 Å². The fourth-order valence-electron chi connectivity index (χ4n) is 2.69. The van der Waals surface area contributed by atoms with Crippen LogP contribution in [0.1, 0.15) is 39.0 Å². The number of carbonyl (C=O) groups is 1. The summed E-state index contributed by atoms with van der Waals surface area (Å²) >= 11 is 0. The normalized spacial score (nSPS) is 28.0. The molecule has 0 spiro atoms. The van der Waals surface area contributed by atoms with E-state index in [9.17, 15) is 4.79 Å². The summed E-state index contributed by atoms with van der Waals surface area (Å²) in [7, 11) is 3.63. The van der Waals surface area contributed by atoms with E-state index in [0.29, 0.717) is 6.42 Å². The lowest BCUT2D eigenvalue weighted by atomic mass is 9.90. The average Bonchev–Trinajstić information content (AvgIpc) is 2.29. The van der Waals surface area contributed by atoms with Crippen LogP contribution in [0.2, 0.25) is 0 Å². The van der Waals surface area contributed by atoms with Crippen LogP contribution in [0, 0.1) is 0 Å². The number of carboxylic acids is 1. The Morgan fingerprint density at radius 3 is 2.62 bits per heavy atom. The summed E-state index contributed by atoms with van der Waals surface area (Å²) in [6.07, 6.45) is 5.27. The standard InChI is InChI=1S/C12H23NO3/c1-4-9(12(14)15)13(2)10-7-5-6-8-11(10)16-3/h9-11H,4-8H2,1-3H3,(H,14,15). The molecule has 1 aliphatic carbocycles. The Labute approximate surface area is 97.6 Å². The molecule has 0 aromatic carbocycles. The lowest BCUT2D eigenvalue weighted by Gasteiger charge is -2.39. The van der Waals surface area contributed by atoms with E-state index in [1.54, 1.807) is 7.11 Å². The van der Waals surface area contributed by atoms with E-state index >= 15 is 0 Å². The number of rotatable bonds is 5. The monoisotopic (exact) mass is 229 g/mol. The summed E-state index contributed by atoms with van der Waals surface area (Å²) in [6.45, 7) is 1.92. The number of aliphatic carboxylic acids is 1. The van der Waals surface area contributed by atoms with Crippen molar-refractivity contribution < 1.29 is 14.6 Å². The van der Waals surface area contributed by atoms with Gasteiger partial charge in [-0.2, -0.15) is 0 Å². The topological polar surface area (TPSA) is 49.8 Å². The van der Waals surface area contributed by atoms with Gasteiger partial charge in [0.1, 0.15) is 6.04 Å². The first kappa shape index (κ1) is 13.5. The highest BCUT2D eigenvalue weighted by Crippen LogP contribution is 2.26. The molecule has 94 valence electrons. The highest BCUT2D eigenvalue weighted by molar-refractivity contribution is 5.73. The molecule has 0 aliphatic heterocycles. The van der Waals surface area contributed by atoms with Crippen LogP contribution < -0.4 is 0 Å². The van der Waals surface area contributed by atoms with Crippen molar-refractivity contribution in [2.75, 3.05) is 14.2 Å². The van der Waals surface area contributed by atoms with Crippen molar-refractivity contribution in [1.82, 2.24) is 4.90 Å². The Balaban J connectivity index is 2.68. The molecule has 0 aromatic rings. The van der Waals surface area contributed by atoms with Gasteiger partial charge >= 0.3 is 5.97 Å². The maximum absolute atomic E-state index is 11.1. The molecule has 3 atom stereocenters. The molecule has 0 radical (unpaired) electrons. The molecule has 3 unspecified atom stereocenters. The van der Waals surface area contributed by atoms with Crippen molar-refractivity contribution in [1.29, 1.82) is 0 Å². The second-order valence-electron chi connectivity index (χ2n) is 4.55. The first-order valence-electron chi connectivity index (χ1n) is 6.09. The van der Waals surface area contributed by atoms with Crippen LogP contribution in [-0.4, -0.2) is 48.3 Å². The number of methoxy groups -OCH3 is 1. The fraction of sp³-hybridized carbons (Fsp3) is 0.917. The Bertz CT molecular complexity index is 232. The van der Waals surface area contributed by atoms with Crippen LogP contribution in [-0.2, 0) is 9.53 Å². The SMILES string of the molecule is CCC(C(=O)O)N(C)C1CCCCC1OC. The van der Waals surface area contributed by atoms with Gasteiger partial charge in [-0.1, -0.05) is 19.8 Å². The molecule has 1 N–H and O–H groups in total. The van der Waals surface area contributed by atoms with Crippen molar-refractivity contribution in [3.63, 3.8) is 0 Å². The quantitative estimate of drug-likeness (QED) is 0.780. The Hall–Kier alpha value is -0.610. The van der Waals surface area contributed by atoms with Gasteiger partial charge < -0.3 is 9.84 Å². The van der Waals surface area contributed by atoms with Gasteiger partial charge in [-0.15, -0.1) is 0 Å². The molecule has 1 fully saturated rings. The molecule has 0 saturated heterocycles. The minimum absolute atomic E-state index is 0.187. The van der Waals surface area contributed by atoms with Gasteiger partial charge in [-0.3, -0.25) is 9.69 Å². The van der Waals surface area contributed by atoms with Crippen LogP contribution in [0.4, 0.5) is 0 Å². The van der Waals surface area contributed by atoms with Gasteiger partial charge in [0.25, 0.3) is 0 Å². The summed E-state index contributed by atoms with van der Waals surface area (Å²) in [5, 5.41) is 9.15. The first-order chi connectivity index (χ1) is 7.61. The zero-order valence-electron chi connectivity index (χ0n) is 10.5. The van der Waals surface area contributed by atoms with Crippen LogP contribution in [0.3, 0.4) is 0 Å². The summed E-state index contributed by atoms with van der Waals surface area (Å²) in [4.78, 5) is 13.1. The second kappa shape index (κ2) is 6.21. The summed E-state index contributed by atoms with van der Waals surface area (Å²) in [5.41, 5.74) is 0. The zero-order valence-corrected chi connectivity index (χ0v) is 10.5. The summed E-state index contributed by atoms with van der Waals surface area (Å²) < 4.78 is 5.46. The van der Waals surface area contributed by atoms with Gasteiger partial charge in [-0.25, -0.2) is 0 Å². The lowest BCUT2D eigenvalue weighted by molar-refractivity contribution is -0.145. The van der Waals surface area contributed by atoms with E-state index in [1.165, 1.54) is 12.8 Å². The largest absolute Gasteiger partial charge is 0.480 e. The number of hydrogen-bond acceptors (Lipinski definition) is 3. The van der Waals surface area contributed by atoms with E-state index in [2.05, 4.69) is 0 Å². The molecule has 4 nitrogen and oxygen atoms in total. The molecule has 0 heterocycles. The third kappa shape index (κ3) is 2.95. The Morgan fingerprint density at radius 2 is 2.12 bits per heavy atom. The van der Waals surface area contributed by atoms with Gasteiger partial charge in [0.05, 0.1) is 6.10 Å². The number of hydrogen-bond donors (Lipinski definition) is 1. The predicted molar refractivity (Wildman–Crippen MR) is 62.5 cm³/mol. The van der Waals surface area contributed by atoms with Gasteiger partial charge in [0.2, 0.25) is 0 Å². The Morgan fingerprint density at radius 1 is 1.50 bits per heavy atom. The molecule has 0 amide bonds.